The number of aliphatic hydroxyl groups excluding tert-OH is 1. The number of carbonyl (C=O) groups is 1. The first-order valence-electron chi connectivity index (χ1n) is 26.7. The molecule has 4 atom stereocenters. The molecule has 0 fully saturated rings. The number of carboxylic acids is 1. The van der Waals surface area contributed by atoms with Gasteiger partial charge in [-0.25, -0.2) is 4.31 Å². The molecule has 0 saturated carbocycles. The van der Waals surface area contributed by atoms with Gasteiger partial charge in [0.05, 0.1) is 77.3 Å². The quantitative estimate of drug-likeness (QED) is 0.0196. The van der Waals surface area contributed by atoms with Crippen molar-refractivity contribution in [2.75, 3.05) is 65.6 Å². The molecule has 13 nitrogen and oxygen atoms in total. The molecule has 0 bridgehead atoms. The van der Waals surface area contributed by atoms with E-state index >= 15 is 0 Å². The maximum Gasteiger partial charge on any atom is 1.00 e. The minimum absolute atomic E-state index is 0. The van der Waals surface area contributed by atoms with E-state index in [0.717, 1.165) is 12.0 Å². The van der Waals surface area contributed by atoms with Crippen LogP contribution in [-0.4, -0.2) is 102 Å². The van der Waals surface area contributed by atoms with Crippen LogP contribution in [0.3, 0.4) is 0 Å². The maximum absolute atomic E-state index is 11.7. The number of unbranched alkanes of at least 4 members (excludes halogenated alkanes) is 9. The largest absolute Gasteiger partial charge is 1.00 e. The van der Waals surface area contributed by atoms with Crippen molar-refractivity contribution in [3.8, 4) is 0 Å². The molecule has 0 aromatic heterocycles. The van der Waals surface area contributed by atoms with Gasteiger partial charge in [-0.05, 0) is 111 Å². The fourth-order valence-corrected chi connectivity index (χ4v) is 10.0. The van der Waals surface area contributed by atoms with E-state index in [1.807, 2.05) is 19.9 Å². The third-order valence-electron chi connectivity index (χ3n) is 12.2. The van der Waals surface area contributed by atoms with Crippen molar-refractivity contribution < 1.29 is 80.2 Å². The van der Waals surface area contributed by atoms with Crippen LogP contribution in [0.5, 0.6) is 0 Å². The molecule has 0 saturated heterocycles. The van der Waals surface area contributed by atoms with E-state index in [-0.39, 0.29) is 51.2 Å². The van der Waals surface area contributed by atoms with E-state index in [1.54, 1.807) is 6.92 Å². The predicted octanol–water partition coefficient (Wildman–Crippen LogP) is 8.49. The van der Waals surface area contributed by atoms with Gasteiger partial charge in [0.25, 0.3) is 15.6 Å². The summed E-state index contributed by atoms with van der Waals surface area (Å²) in [4.78, 5) is 34.0. The molecule has 0 radical (unpaired) electrons. The van der Waals surface area contributed by atoms with Crippen LogP contribution in [-0.2, 0) is 27.3 Å². The predicted molar refractivity (Wildman–Crippen MR) is 274 cm³/mol. The molecule has 2 N–H and O–H groups in total. The van der Waals surface area contributed by atoms with E-state index in [1.165, 1.54) is 183 Å². The second-order valence-electron chi connectivity index (χ2n) is 19.7. The number of nitrogens with zero attached hydrogens (tertiary/aromatic N) is 2. The Morgan fingerprint density at radius 1 is 0.618 bits per heavy atom. The molecule has 402 valence electrons. The number of carbonyl (C=O) groups excluding carboxylic acids is 1. The molecular formula is C52H107LiN2O11P2. The van der Waals surface area contributed by atoms with Crippen molar-refractivity contribution in [3.63, 3.8) is 0 Å². The Hall–Kier alpha value is -0.353. The Balaban J connectivity index is -0.000000493. The number of carboxylic acid groups (broad SMARTS) is 1. The van der Waals surface area contributed by atoms with E-state index in [0.29, 0.717) is 6.42 Å². The number of allylic oxidation sites excluding steroid dienone is 3. The zero-order chi connectivity index (χ0) is 51.7. The van der Waals surface area contributed by atoms with Gasteiger partial charge in [-0.3, -0.25) is 9.13 Å². The number of quaternary nitrogens is 2. The van der Waals surface area contributed by atoms with Gasteiger partial charge in [0.1, 0.15) is 0 Å². The molecule has 0 aliphatic carbocycles. The van der Waals surface area contributed by atoms with Crippen LogP contribution in [0.4, 0.5) is 0 Å². The summed E-state index contributed by atoms with van der Waals surface area (Å²) in [5, 5.41) is 30.2. The molecule has 0 aliphatic rings. The van der Waals surface area contributed by atoms with Crippen molar-refractivity contribution in [2.45, 2.75) is 242 Å². The minimum Gasteiger partial charge on any atom is -0.756 e. The maximum atomic E-state index is 11.7. The van der Waals surface area contributed by atoms with Crippen molar-refractivity contribution in [1.29, 1.82) is 0 Å². The van der Waals surface area contributed by atoms with Gasteiger partial charge in [0, 0.05) is 18.8 Å². The molecule has 0 aromatic carbocycles. The Morgan fingerprint density at radius 3 is 1.29 bits per heavy atom. The van der Waals surface area contributed by atoms with Crippen LogP contribution in [0.1, 0.15) is 231 Å². The second-order valence-corrected chi connectivity index (χ2v) is 22.6. The van der Waals surface area contributed by atoms with Gasteiger partial charge in [-0.2, -0.15) is 0 Å². The zero-order valence-corrected chi connectivity index (χ0v) is 48.2. The second kappa shape index (κ2) is 45.3. The van der Waals surface area contributed by atoms with Crippen molar-refractivity contribution >= 4 is 21.6 Å². The Bertz CT molecular complexity index is 1240. The Morgan fingerprint density at radius 2 is 0.971 bits per heavy atom. The molecule has 68 heavy (non-hydrogen) atoms. The summed E-state index contributed by atoms with van der Waals surface area (Å²) in [5.41, 5.74) is 0.403. The molecule has 0 aliphatic heterocycles. The van der Waals surface area contributed by atoms with Gasteiger partial charge in [-0.15, -0.1) is 0 Å². The van der Waals surface area contributed by atoms with Gasteiger partial charge in [0.2, 0.25) is 0 Å². The SMILES string of the molecule is CC(C)=CCC/C(C)=C/COP(=O)([O-])OP(=O)([O-])OCCCCC(O)CC(C)(O)CC(=O)[O-].CCCC[N+](CCCC)(CCCC)CCCC.CCCC[N+](CCCC)(CCCC)CCCC.[Li+]. The molecule has 0 amide bonds. The Kier molecular flexibility index (Phi) is 49.4. The number of rotatable bonds is 42. The molecule has 0 rings (SSSR count). The number of phosphoric acid groups is 2. The van der Waals surface area contributed by atoms with Crippen LogP contribution < -0.4 is 33.8 Å². The first kappa shape index (κ1) is 74.2. The van der Waals surface area contributed by atoms with E-state index in [9.17, 15) is 39.0 Å². The molecule has 0 heterocycles. The number of aliphatic hydroxyl groups is 2. The van der Waals surface area contributed by atoms with Crippen LogP contribution in [0, 0.1) is 0 Å². The number of hydrogen-bond donors (Lipinski definition) is 2. The van der Waals surface area contributed by atoms with Gasteiger partial charge < -0.3 is 47.9 Å². The average molecular weight is 1010 g/mol. The number of hydrogen-bond acceptors (Lipinski definition) is 11. The third kappa shape index (κ3) is 45.5. The molecule has 0 aromatic rings. The normalized spacial score (nSPS) is 15.0. The fraction of sp³-hybridized carbons (Fsp3) is 0.904. The van der Waals surface area contributed by atoms with Crippen LogP contribution in [0.15, 0.2) is 23.3 Å². The topological polar surface area (TPSA) is 189 Å². The van der Waals surface area contributed by atoms with E-state index < -0.39 is 46.3 Å². The van der Waals surface area contributed by atoms with E-state index in [2.05, 4.69) is 68.7 Å². The van der Waals surface area contributed by atoms with Gasteiger partial charge in [0.15, 0.2) is 0 Å². The number of aliphatic carboxylic acids is 1. The fourth-order valence-electron chi connectivity index (χ4n) is 8.07. The van der Waals surface area contributed by atoms with Gasteiger partial charge >= 0.3 is 18.9 Å². The third-order valence-corrected chi connectivity index (χ3v) is 14.8. The molecule has 4 unspecified atom stereocenters. The molecule has 16 heteroatoms. The summed E-state index contributed by atoms with van der Waals surface area (Å²) in [6.45, 7) is 36.2. The smallest absolute Gasteiger partial charge is 0.756 e. The Labute approximate surface area is 431 Å². The summed E-state index contributed by atoms with van der Waals surface area (Å²) in [7, 11) is -10.3. The molecule has 0 spiro atoms. The molecular weight excluding hydrogens is 897 g/mol. The van der Waals surface area contributed by atoms with Crippen molar-refractivity contribution in [3.05, 3.63) is 23.3 Å². The average Bonchev–Trinajstić information content (AvgIpc) is 3.24. The monoisotopic (exact) mass is 1000 g/mol. The van der Waals surface area contributed by atoms with Crippen molar-refractivity contribution in [2.24, 2.45) is 0 Å². The standard InChI is InChI=1S/C20H38O11P2.2C16H36N.Li/c1-16(2)8-7-9-17(3)11-13-30-33(27,28)31-32(25,26)29-12-6-5-10-18(21)14-20(4,24)15-19(22)23;2*1-5-9-13-17(14-10-6-2,15-11-7-3)16-12-8-4;/h8,11,18,21,24H,5-7,9-10,12-15H2,1-4H3,(H,22,23)(H,25,26)(H,27,28);2*5-16H2,1-4H3;/q;3*+1/p-3/b17-11+;;;. The first-order valence-corrected chi connectivity index (χ1v) is 29.7. The summed E-state index contributed by atoms with van der Waals surface area (Å²) in [5.74, 6) is -1.45. The van der Waals surface area contributed by atoms with Gasteiger partial charge in [-0.1, -0.05) is 130 Å². The van der Waals surface area contributed by atoms with Crippen LogP contribution in [0.2, 0.25) is 0 Å². The minimum atomic E-state index is -5.17. The van der Waals surface area contributed by atoms with Crippen molar-refractivity contribution in [1.82, 2.24) is 0 Å². The summed E-state index contributed by atoms with van der Waals surface area (Å²) in [6, 6.07) is 0. The summed E-state index contributed by atoms with van der Waals surface area (Å²) < 4.78 is 39.3. The summed E-state index contributed by atoms with van der Waals surface area (Å²) in [6.07, 6.45) is 25.8. The number of phosphoric ester groups is 2. The van der Waals surface area contributed by atoms with Crippen LogP contribution in [0.25, 0.3) is 0 Å². The first-order chi connectivity index (χ1) is 31.5. The van der Waals surface area contributed by atoms with E-state index in [4.69, 9.17) is 0 Å². The summed E-state index contributed by atoms with van der Waals surface area (Å²) >= 11 is 0. The zero-order valence-electron chi connectivity index (χ0n) is 46.4. The van der Waals surface area contributed by atoms with Crippen LogP contribution >= 0.6 is 15.6 Å².